The van der Waals surface area contributed by atoms with Crippen LogP contribution in [0.5, 0.6) is 5.75 Å². The fourth-order valence-electron chi connectivity index (χ4n) is 1.65. The molecule has 0 atom stereocenters. The summed E-state index contributed by atoms with van der Waals surface area (Å²) in [5.74, 6) is 0.135. The molecule has 0 bridgehead atoms. The highest BCUT2D eigenvalue weighted by molar-refractivity contribution is 9.10. The van der Waals surface area contributed by atoms with E-state index in [-0.39, 0.29) is 24.3 Å². The maximum atomic E-state index is 11.5. The van der Waals surface area contributed by atoms with Crippen LogP contribution in [0, 0.1) is 5.92 Å². The van der Waals surface area contributed by atoms with Gasteiger partial charge in [-0.3, -0.25) is 20.4 Å². The molecule has 1 fully saturated rings. The summed E-state index contributed by atoms with van der Waals surface area (Å²) in [6, 6.07) is 7.20. The zero-order valence-corrected chi connectivity index (χ0v) is 11.9. The molecule has 5 nitrogen and oxygen atoms in total. The van der Waals surface area contributed by atoms with Gasteiger partial charge in [0.2, 0.25) is 5.91 Å². The molecule has 2 rings (SSSR count). The highest BCUT2D eigenvalue weighted by Crippen LogP contribution is 2.25. The molecule has 0 aromatic heterocycles. The average molecular weight is 327 g/mol. The maximum Gasteiger partial charge on any atom is 0.276 e. The summed E-state index contributed by atoms with van der Waals surface area (Å²) in [5.41, 5.74) is 4.75. The lowest BCUT2D eigenvalue weighted by atomic mass is 9.85. The molecular weight excluding hydrogens is 312 g/mol. The van der Waals surface area contributed by atoms with Crippen molar-refractivity contribution in [3.05, 3.63) is 28.7 Å². The quantitative estimate of drug-likeness (QED) is 0.829. The molecule has 0 radical (unpaired) electrons. The van der Waals surface area contributed by atoms with Crippen molar-refractivity contribution in [1.29, 1.82) is 0 Å². The Morgan fingerprint density at radius 2 is 2.11 bits per heavy atom. The van der Waals surface area contributed by atoms with Gasteiger partial charge in [-0.15, -0.1) is 0 Å². The Morgan fingerprint density at radius 1 is 1.32 bits per heavy atom. The molecule has 1 saturated carbocycles. The van der Waals surface area contributed by atoms with Crippen molar-refractivity contribution in [1.82, 2.24) is 10.9 Å². The molecule has 1 aliphatic rings. The van der Waals surface area contributed by atoms with Crippen molar-refractivity contribution in [3.8, 4) is 5.75 Å². The number of ether oxygens (including phenoxy) is 1. The number of carbonyl (C=O) groups excluding carboxylic acids is 2. The molecule has 1 aliphatic carbocycles. The summed E-state index contributed by atoms with van der Waals surface area (Å²) < 4.78 is 6.17. The Balaban J connectivity index is 1.68. The molecular formula is C13H15BrN2O3. The van der Waals surface area contributed by atoms with Crippen LogP contribution >= 0.6 is 15.9 Å². The lowest BCUT2D eigenvalue weighted by Crippen LogP contribution is -2.47. The maximum absolute atomic E-state index is 11.5. The first-order chi connectivity index (χ1) is 9.15. The number of benzene rings is 1. The topological polar surface area (TPSA) is 67.4 Å². The van der Waals surface area contributed by atoms with Gasteiger partial charge < -0.3 is 4.74 Å². The van der Waals surface area contributed by atoms with Gasteiger partial charge in [0.15, 0.2) is 6.61 Å². The van der Waals surface area contributed by atoms with Crippen molar-refractivity contribution in [3.63, 3.8) is 0 Å². The number of rotatable bonds is 4. The highest BCUT2D eigenvalue weighted by Gasteiger charge is 2.25. The Labute approximate surface area is 119 Å². The van der Waals surface area contributed by atoms with Crippen LogP contribution in [0.1, 0.15) is 19.3 Å². The van der Waals surface area contributed by atoms with Crippen LogP contribution in [-0.4, -0.2) is 18.4 Å². The average Bonchev–Trinajstić information content (AvgIpc) is 2.32. The summed E-state index contributed by atoms with van der Waals surface area (Å²) in [4.78, 5) is 22.9. The summed E-state index contributed by atoms with van der Waals surface area (Å²) >= 11 is 3.31. The summed E-state index contributed by atoms with van der Waals surface area (Å²) in [7, 11) is 0. The van der Waals surface area contributed by atoms with E-state index in [0.29, 0.717) is 5.75 Å². The highest BCUT2D eigenvalue weighted by atomic mass is 79.9. The van der Waals surface area contributed by atoms with Gasteiger partial charge in [0.05, 0.1) is 0 Å². The van der Waals surface area contributed by atoms with Crippen LogP contribution in [0.2, 0.25) is 0 Å². The minimum absolute atomic E-state index is 0.0475. The number of nitrogens with one attached hydrogen (secondary N) is 2. The van der Waals surface area contributed by atoms with Crippen molar-refractivity contribution < 1.29 is 14.3 Å². The Morgan fingerprint density at radius 3 is 2.74 bits per heavy atom. The monoisotopic (exact) mass is 326 g/mol. The third kappa shape index (κ3) is 4.24. The Kier molecular flexibility index (Phi) is 4.79. The van der Waals surface area contributed by atoms with E-state index in [0.717, 1.165) is 23.7 Å². The van der Waals surface area contributed by atoms with Gasteiger partial charge in [-0.1, -0.05) is 28.4 Å². The van der Waals surface area contributed by atoms with E-state index in [1.54, 1.807) is 12.1 Å². The minimum Gasteiger partial charge on any atom is -0.484 e. The third-order valence-electron chi connectivity index (χ3n) is 2.97. The van der Waals surface area contributed by atoms with Crippen molar-refractivity contribution in [2.75, 3.05) is 6.61 Å². The van der Waals surface area contributed by atoms with Crippen molar-refractivity contribution in [2.24, 2.45) is 5.92 Å². The predicted molar refractivity (Wildman–Crippen MR) is 73.3 cm³/mol. The van der Waals surface area contributed by atoms with E-state index in [2.05, 4.69) is 26.8 Å². The standard InChI is InChI=1S/C13H15BrN2O3/c14-10-5-2-6-11(7-10)19-8-12(17)15-16-13(18)9-3-1-4-9/h2,5-7,9H,1,3-4,8H2,(H,15,17)(H,16,18). The minimum atomic E-state index is -0.382. The first-order valence-electron chi connectivity index (χ1n) is 6.12. The van der Waals surface area contributed by atoms with Gasteiger partial charge >= 0.3 is 0 Å². The number of halogens is 1. The van der Waals surface area contributed by atoms with Crippen LogP contribution in [0.15, 0.2) is 28.7 Å². The molecule has 1 aromatic rings. The number of hydrogen-bond acceptors (Lipinski definition) is 3. The van der Waals surface area contributed by atoms with Gasteiger partial charge in [-0.05, 0) is 31.0 Å². The van der Waals surface area contributed by atoms with E-state index < -0.39 is 0 Å². The lowest BCUT2D eigenvalue weighted by molar-refractivity contribution is -0.133. The molecule has 0 unspecified atom stereocenters. The van der Waals surface area contributed by atoms with E-state index in [1.165, 1.54) is 0 Å². The van der Waals surface area contributed by atoms with Crippen molar-refractivity contribution in [2.45, 2.75) is 19.3 Å². The second kappa shape index (κ2) is 6.56. The molecule has 0 saturated heterocycles. The van der Waals surface area contributed by atoms with Crippen LogP contribution in [0.3, 0.4) is 0 Å². The smallest absolute Gasteiger partial charge is 0.276 e. The third-order valence-corrected chi connectivity index (χ3v) is 3.46. The molecule has 2 amide bonds. The number of amides is 2. The molecule has 102 valence electrons. The van der Waals surface area contributed by atoms with Gasteiger partial charge in [-0.25, -0.2) is 0 Å². The second-order valence-electron chi connectivity index (χ2n) is 4.41. The van der Waals surface area contributed by atoms with E-state index in [1.807, 2.05) is 12.1 Å². The van der Waals surface area contributed by atoms with Crippen LogP contribution in [0.25, 0.3) is 0 Å². The summed E-state index contributed by atoms with van der Waals surface area (Å²) in [6.45, 7) is -0.138. The second-order valence-corrected chi connectivity index (χ2v) is 5.33. The fraction of sp³-hybridized carbons (Fsp3) is 0.385. The summed E-state index contributed by atoms with van der Waals surface area (Å²) in [5, 5.41) is 0. The van der Waals surface area contributed by atoms with E-state index in [9.17, 15) is 9.59 Å². The van der Waals surface area contributed by atoms with Crippen molar-refractivity contribution >= 4 is 27.7 Å². The molecule has 0 heterocycles. The van der Waals surface area contributed by atoms with Gasteiger partial charge in [0.1, 0.15) is 5.75 Å². The Bertz CT molecular complexity index is 475. The van der Waals surface area contributed by atoms with Gasteiger partial charge in [0.25, 0.3) is 5.91 Å². The largest absolute Gasteiger partial charge is 0.484 e. The van der Waals surface area contributed by atoms with E-state index >= 15 is 0 Å². The molecule has 6 heteroatoms. The zero-order chi connectivity index (χ0) is 13.7. The van der Waals surface area contributed by atoms with Crippen LogP contribution in [-0.2, 0) is 9.59 Å². The molecule has 1 aromatic carbocycles. The first kappa shape index (κ1) is 13.9. The first-order valence-corrected chi connectivity index (χ1v) is 6.91. The normalized spacial score (nSPS) is 14.4. The molecule has 19 heavy (non-hydrogen) atoms. The SMILES string of the molecule is O=C(COc1cccc(Br)c1)NNC(=O)C1CCC1. The van der Waals surface area contributed by atoms with E-state index in [4.69, 9.17) is 4.74 Å². The van der Waals surface area contributed by atoms with Gasteiger partial charge in [0, 0.05) is 10.4 Å². The molecule has 0 spiro atoms. The van der Waals surface area contributed by atoms with Crippen LogP contribution in [0.4, 0.5) is 0 Å². The fourth-order valence-corrected chi connectivity index (χ4v) is 2.02. The summed E-state index contributed by atoms with van der Waals surface area (Å²) in [6.07, 6.45) is 2.88. The van der Waals surface area contributed by atoms with Gasteiger partial charge in [-0.2, -0.15) is 0 Å². The number of hydrazine groups is 1. The number of hydrogen-bond donors (Lipinski definition) is 2. The molecule has 2 N–H and O–H groups in total. The predicted octanol–water partition coefficient (Wildman–Crippen LogP) is 1.78. The number of carbonyl (C=O) groups is 2. The zero-order valence-electron chi connectivity index (χ0n) is 10.3. The van der Waals surface area contributed by atoms with Crippen LogP contribution < -0.4 is 15.6 Å². The molecule has 0 aliphatic heterocycles. The Hall–Kier alpha value is -1.56. The lowest BCUT2D eigenvalue weighted by Gasteiger charge is -2.23.